The molecule has 0 radical (unpaired) electrons. The standard InChI is InChI=1S/C14H23N5O/c1-14(2,3)13-16-11(17-18-13)12(20)15-9-6-8-19-7-4-5-10(9)19/h9-10H,4-8H2,1-3H3,(H,15,20)(H,16,17,18). The van der Waals surface area contributed by atoms with Crippen LogP contribution in [0.1, 0.15) is 56.5 Å². The summed E-state index contributed by atoms with van der Waals surface area (Å²) in [5.41, 5.74) is -0.124. The second-order valence-corrected chi connectivity index (χ2v) is 6.87. The van der Waals surface area contributed by atoms with Crippen molar-refractivity contribution in [2.45, 2.75) is 57.5 Å². The SMILES string of the molecule is CC(C)(C)c1nc(C(=O)NC2CCN3CCCC23)n[nH]1. The number of aromatic amines is 1. The third-order valence-corrected chi connectivity index (χ3v) is 4.32. The summed E-state index contributed by atoms with van der Waals surface area (Å²) < 4.78 is 0. The highest BCUT2D eigenvalue weighted by Gasteiger charge is 2.38. The number of aromatic nitrogens is 3. The molecule has 0 saturated carbocycles. The van der Waals surface area contributed by atoms with Gasteiger partial charge in [-0.05, 0) is 25.8 Å². The first-order chi connectivity index (χ1) is 9.45. The first-order valence-electron chi connectivity index (χ1n) is 7.43. The number of H-pyrrole nitrogens is 1. The van der Waals surface area contributed by atoms with Gasteiger partial charge in [0.05, 0.1) is 0 Å². The van der Waals surface area contributed by atoms with E-state index in [1.807, 2.05) is 20.8 Å². The second kappa shape index (κ2) is 4.84. The second-order valence-electron chi connectivity index (χ2n) is 6.87. The zero-order valence-electron chi connectivity index (χ0n) is 12.4. The number of hydrogen-bond acceptors (Lipinski definition) is 4. The van der Waals surface area contributed by atoms with Crippen LogP contribution in [-0.4, -0.2) is 51.2 Å². The number of carbonyl (C=O) groups is 1. The Balaban J connectivity index is 1.66. The molecular formula is C14H23N5O. The summed E-state index contributed by atoms with van der Waals surface area (Å²) in [6.07, 6.45) is 3.46. The molecule has 1 aromatic heterocycles. The number of hydrogen-bond donors (Lipinski definition) is 2. The summed E-state index contributed by atoms with van der Waals surface area (Å²) in [6, 6.07) is 0.765. The van der Waals surface area contributed by atoms with Gasteiger partial charge >= 0.3 is 0 Å². The molecule has 6 nitrogen and oxygen atoms in total. The van der Waals surface area contributed by atoms with Crippen LogP contribution in [0.25, 0.3) is 0 Å². The Morgan fingerprint density at radius 1 is 1.35 bits per heavy atom. The number of nitrogens with one attached hydrogen (secondary N) is 2. The number of amides is 1. The van der Waals surface area contributed by atoms with Gasteiger partial charge in [-0.1, -0.05) is 20.8 Å². The predicted molar refractivity (Wildman–Crippen MR) is 75.5 cm³/mol. The molecule has 3 heterocycles. The van der Waals surface area contributed by atoms with Gasteiger partial charge in [0.2, 0.25) is 5.82 Å². The summed E-state index contributed by atoms with van der Waals surface area (Å²) in [4.78, 5) is 19.0. The van der Waals surface area contributed by atoms with Crippen LogP contribution in [-0.2, 0) is 5.41 Å². The van der Waals surface area contributed by atoms with Gasteiger partial charge in [-0.15, -0.1) is 5.10 Å². The summed E-state index contributed by atoms with van der Waals surface area (Å²) in [7, 11) is 0. The topological polar surface area (TPSA) is 73.9 Å². The van der Waals surface area contributed by atoms with E-state index in [1.165, 1.54) is 19.4 Å². The van der Waals surface area contributed by atoms with Crippen LogP contribution >= 0.6 is 0 Å². The van der Waals surface area contributed by atoms with Crippen molar-refractivity contribution in [2.75, 3.05) is 13.1 Å². The Kier molecular flexibility index (Phi) is 3.28. The van der Waals surface area contributed by atoms with E-state index in [0.29, 0.717) is 6.04 Å². The Labute approximate surface area is 119 Å². The van der Waals surface area contributed by atoms with Crippen molar-refractivity contribution in [1.82, 2.24) is 25.4 Å². The van der Waals surface area contributed by atoms with Crippen molar-refractivity contribution in [3.63, 3.8) is 0 Å². The van der Waals surface area contributed by atoms with Crippen LogP contribution in [0.15, 0.2) is 0 Å². The van der Waals surface area contributed by atoms with E-state index in [9.17, 15) is 4.79 Å². The van der Waals surface area contributed by atoms with Gasteiger partial charge in [0.25, 0.3) is 5.91 Å². The van der Waals surface area contributed by atoms with Crippen LogP contribution in [0.2, 0.25) is 0 Å². The smallest absolute Gasteiger partial charge is 0.291 e. The van der Waals surface area contributed by atoms with Crippen molar-refractivity contribution >= 4 is 5.91 Å². The first kappa shape index (κ1) is 13.5. The van der Waals surface area contributed by atoms with Gasteiger partial charge in [-0.25, -0.2) is 4.98 Å². The van der Waals surface area contributed by atoms with Crippen molar-refractivity contribution in [1.29, 1.82) is 0 Å². The van der Waals surface area contributed by atoms with Gasteiger partial charge < -0.3 is 5.32 Å². The fourth-order valence-electron chi connectivity index (χ4n) is 3.18. The van der Waals surface area contributed by atoms with Gasteiger partial charge in [-0.2, -0.15) is 0 Å². The fourth-order valence-corrected chi connectivity index (χ4v) is 3.18. The van der Waals surface area contributed by atoms with E-state index in [-0.39, 0.29) is 23.2 Å². The van der Waals surface area contributed by atoms with Crippen molar-refractivity contribution < 1.29 is 4.79 Å². The van der Waals surface area contributed by atoms with E-state index in [1.54, 1.807) is 0 Å². The highest BCUT2D eigenvalue weighted by atomic mass is 16.2. The molecule has 6 heteroatoms. The third kappa shape index (κ3) is 2.44. The lowest BCUT2D eigenvalue weighted by Gasteiger charge is -2.20. The monoisotopic (exact) mass is 277 g/mol. The normalized spacial score (nSPS) is 26.8. The lowest BCUT2D eigenvalue weighted by atomic mass is 9.96. The Morgan fingerprint density at radius 2 is 2.15 bits per heavy atom. The maximum Gasteiger partial charge on any atom is 0.291 e. The molecule has 0 bridgehead atoms. The Bertz CT molecular complexity index is 504. The molecule has 0 aliphatic carbocycles. The molecule has 2 atom stereocenters. The van der Waals surface area contributed by atoms with E-state index < -0.39 is 0 Å². The average molecular weight is 277 g/mol. The highest BCUT2D eigenvalue weighted by Crippen LogP contribution is 2.28. The summed E-state index contributed by atoms with van der Waals surface area (Å²) >= 11 is 0. The van der Waals surface area contributed by atoms with Crippen LogP contribution in [0, 0.1) is 0 Å². The van der Waals surface area contributed by atoms with Crippen molar-refractivity contribution in [3.8, 4) is 0 Å². The molecular weight excluding hydrogens is 254 g/mol. The van der Waals surface area contributed by atoms with Crippen LogP contribution in [0.3, 0.4) is 0 Å². The first-order valence-corrected chi connectivity index (χ1v) is 7.43. The average Bonchev–Trinajstić information content (AvgIpc) is 3.03. The molecule has 2 aliphatic rings. The van der Waals surface area contributed by atoms with Gasteiger partial charge in [0.1, 0.15) is 5.82 Å². The van der Waals surface area contributed by atoms with Gasteiger partial charge in [0, 0.05) is 24.0 Å². The zero-order chi connectivity index (χ0) is 14.3. The number of fused-ring (bicyclic) bond motifs is 1. The Hall–Kier alpha value is -1.43. The maximum atomic E-state index is 12.3. The van der Waals surface area contributed by atoms with Crippen molar-refractivity contribution in [3.05, 3.63) is 11.6 Å². The van der Waals surface area contributed by atoms with Crippen LogP contribution in [0.4, 0.5) is 0 Å². The molecule has 2 fully saturated rings. The van der Waals surface area contributed by atoms with Crippen molar-refractivity contribution in [2.24, 2.45) is 0 Å². The lowest BCUT2D eigenvalue weighted by Crippen LogP contribution is -2.42. The van der Waals surface area contributed by atoms with E-state index in [4.69, 9.17) is 0 Å². The quantitative estimate of drug-likeness (QED) is 0.848. The largest absolute Gasteiger partial charge is 0.345 e. The molecule has 2 aliphatic heterocycles. The molecule has 1 amide bonds. The van der Waals surface area contributed by atoms with Gasteiger partial charge in [0.15, 0.2) is 0 Å². The minimum atomic E-state index is -0.157. The lowest BCUT2D eigenvalue weighted by molar-refractivity contribution is 0.0919. The Morgan fingerprint density at radius 3 is 2.85 bits per heavy atom. The minimum absolute atomic E-state index is 0.124. The molecule has 2 saturated heterocycles. The fraction of sp³-hybridized carbons (Fsp3) is 0.786. The minimum Gasteiger partial charge on any atom is -0.345 e. The van der Waals surface area contributed by atoms with Gasteiger partial charge in [-0.3, -0.25) is 14.8 Å². The zero-order valence-corrected chi connectivity index (χ0v) is 12.4. The molecule has 1 aromatic rings. The molecule has 2 unspecified atom stereocenters. The molecule has 0 spiro atoms. The van der Waals surface area contributed by atoms with E-state index >= 15 is 0 Å². The number of rotatable bonds is 2. The van der Waals surface area contributed by atoms with E-state index in [2.05, 4.69) is 25.4 Å². The summed E-state index contributed by atoms with van der Waals surface area (Å²) in [5.74, 6) is 0.846. The molecule has 3 rings (SSSR count). The number of carbonyl (C=O) groups excluding carboxylic acids is 1. The predicted octanol–water partition coefficient (Wildman–Crippen LogP) is 1.07. The van der Waals surface area contributed by atoms with E-state index in [0.717, 1.165) is 18.8 Å². The molecule has 2 N–H and O–H groups in total. The summed E-state index contributed by atoms with van der Waals surface area (Å²) in [5, 5.41) is 10.0. The molecule has 0 aromatic carbocycles. The third-order valence-electron chi connectivity index (χ3n) is 4.32. The summed E-state index contributed by atoms with van der Waals surface area (Å²) in [6.45, 7) is 8.40. The molecule has 20 heavy (non-hydrogen) atoms. The molecule has 110 valence electrons. The van der Waals surface area contributed by atoms with Crippen LogP contribution in [0.5, 0.6) is 0 Å². The van der Waals surface area contributed by atoms with Crippen LogP contribution < -0.4 is 5.32 Å². The highest BCUT2D eigenvalue weighted by molar-refractivity contribution is 5.90. The number of nitrogens with zero attached hydrogens (tertiary/aromatic N) is 3. The maximum absolute atomic E-state index is 12.3.